The maximum absolute atomic E-state index is 10.7. The minimum absolute atomic E-state index is 0.174. The third kappa shape index (κ3) is 3.20. The lowest BCUT2D eigenvalue weighted by Gasteiger charge is -1.95. The van der Waals surface area contributed by atoms with Gasteiger partial charge < -0.3 is 4.98 Å². The average molecular weight is 246 g/mol. The zero-order chi connectivity index (χ0) is 12.1. The minimum Gasteiger partial charge on any atom is -0.345 e. The molecule has 1 heterocycles. The molecule has 2 rings (SSSR count). The molecule has 4 heteroatoms. The predicted octanol–water partition coefficient (Wildman–Crippen LogP) is 3.25. The second-order valence-corrected chi connectivity index (χ2v) is 4.95. The molecule has 17 heavy (non-hydrogen) atoms. The van der Waals surface area contributed by atoms with Crippen LogP contribution in [0.15, 0.2) is 30.6 Å². The Hall–Kier alpha value is -1.55. The highest BCUT2D eigenvalue weighted by molar-refractivity contribution is 8.13. The number of carbonyl (C=O) groups excluding carboxylic acids is 1. The lowest BCUT2D eigenvalue weighted by Crippen LogP contribution is -1.83. The molecule has 1 aromatic carbocycles. The summed E-state index contributed by atoms with van der Waals surface area (Å²) >= 11 is 1.36. The quantitative estimate of drug-likeness (QED) is 0.842. The molecule has 88 valence electrons. The topological polar surface area (TPSA) is 45.8 Å². The number of aromatic nitrogens is 2. The van der Waals surface area contributed by atoms with E-state index in [-0.39, 0.29) is 5.12 Å². The average Bonchev–Trinajstić information content (AvgIpc) is 2.77. The Balaban J connectivity index is 2.00. The number of imidazole rings is 1. The van der Waals surface area contributed by atoms with Crippen molar-refractivity contribution in [3.63, 3.8) is 0 Å². The molecule has 0 aliphatic rings. The fourth-order valence-corrected chi connectivity index (χ4v) is 2.15. The molecule has 1 aromatic heterocycles. The normalized spacial score (nSPS) is 11.4. The zero-order valence-electron chi connectivity index (χ0n) is 9.64. The number of fused-ring (bicyclic) bond motifs is 1. The van der Waals surface area contributed by atoms with Crippen molar-refractivity contribution in [2.75, 3.05) is 5.75 Å². The van der Waals surface area contributed by atoms with Gasteiger partial charge in [0.1, 0.15) is 0 Å². The molecule has 0 fully saturated rings. The first kappa shape index (κ1) is 11.9. The molecule has 0 spiro atoms. The first-order valence-electron chi connectivity index (χ1n) is 5.49. The van der Waals surface area contributed by atoms with Crippen LogP contribution >= 0.6 is 11.8 Å². The molecule has 0 amide bonds. The van der Waals surface area contributed by atoms with Crippen molar-refractivity contribution in [1.82, 2.24) is 9.97 Å². The SMILES string of the molecule is CC(=O)SCCC=Cc1cccc2[nH]cnc12. The van der Waals surface area contributed by atoms with Crippen LogP contribution in [0, 0.1) is 0 Å². The van der Waals surface area contributed by atoms with E-state index in [1.807, 2.05) is 18.2 Å². The Morgan fingerprint density at radius 3 is 3.24 bits per heavy atom. The van der Waals surface area contributed by atoms with Gasteiger partial charge in [-0.3, -0.25) is 4.79 Å². The van der Waals surface area contributed by atoms with Gasteiger partial charge in [-0.15, -0.1) is 0 Å². The first-order chi connectivity index (χ1) is 8.27. The van der Waals surface area contributed by atoms with Crippen molar-refractivity contribution in [3.05, 3.63) is 36.2 Å². The number of benzene rings is 1. The lowest BCUT2D eigenvalue weighted by molar-refractivity contribution is -0.109. The highest BCUT2D eigenvalue weighted by Gasteiger charge is 1.99. The van der Waals surface area contributed by atoms with Crippen LogP contribution in [0.4, 0.5) is 0 Å². The number of nitrogens with zero attached hydrogens (tertiary/aromatic N) is 1. The van der Waals surface area contributed by atoms with Gasteiger partial charge >= 0.3 is 0 Å². The maximum atomic E-state index is 10.7. The lowest BCUT2D eigenvalue weighted by atomic mass is 10.1. The highest BCUT2D eigenvalue weighted by Crippen LogP contribution is 2.16. The largest absolute Gasteiger partial charge is 0.345 e. The fraction of sp³-hybridized carbons (Fsp3) is 0.231. The van der Waals surface area contributed by atoms with Gasteiger partial charge in [-0.1, -0.05) is 36.0 Å². The smallest absolute Gasteiger partial charge is 0.185 e. The summed E-state index contributed by atoms with van der Waals surface area (Å²) in [6.45, 7) is 1.60. The number of rotatable bonds is 4. The van der Waals surface area contributed by atoms with Crippen LogP contribution in [0.5, 0.6) is 0 Å². The highest BCUT2D eigenvalue weighted by atomic mass is 32.2. The Kier molecular flexibility index (Phi) is 3.98. The first-order valence-corrected chi connectivity index (χ1v) is 6.48. The molecule has 0 saturated carbocycles. The van der Waals surface area contributed by atoms with Gasteiger partial charge in [0.15, 0.2) is 5.12 Å². The second kappa shape index (κ2) is 5.68. The number of allylic oxidation sites excluding steroid dienone is 1. The third-order valence-corrected chi connectivity index (χ3v) is 3.21. The summed E-state index contributed by atoms with van der Waals surface area (Å²) in [5.74, 6) is 0.836. The zero-order valence-corrected chi connectivity index (χ0v) is 10.5. The number of aromatic amines is 1. The summed E-state index contributed by atoms with van der Waals surface area (Å²) in [6.07, 6.45) is 6.74. The van der Waals surface area contributed by atoms with Gasteiger partial charge in [0.2, 0.25) is 0 Å². The fourth-order valence-electron chi connectivity index (χ4n) is 1.60. The minimum atomic E-state index is 0.174. The van der Waals surface area contributed by atoms with Crippen molar-refractivity contribution in [2.24, 2.45) is 0 Å². The molecule has 0 bridgehead atoms. The Bertz CT molecular complexity index is 545. The molecule has 0 atom stereocenters. The summed E-state index contributed by atoms with van der Waals surface area (Å²) in [6, 6.07) is 6.05. The standard InChI is InChI=1S/C13H14N2OS/c1-10(16)17-8-3-2-5-11-6-4-7-12-13(11)15-9-14-12/h2,4-7,9H,3,8H2,1H3,(H,14,15). The van der Waals surface area contributed by atoms with Gasteiger partial charge in [-0.25, -0.2) is 4.98 Å². The van der Waals surface area contributed by atoms with E-state index in [4.69, 9.17) is 0 Å². The van der Waals surface area contributed by atoms with Crippen LogP contribution in [-0.4, -0.2) is 20.8 Å². The third-order valence-electron chi connectivity index (χ3n) is 2.37. The second-order valence-electron chi connectivity index (χ2n) is 3.68. The number of thioether (sulfide) groups is 1. The van der Waals surface area contributed by atoms with Crippen molar-refractivity contribution in [2.45, 2.75) is 13.3 Å². The number of hydrogen-bond donors (Lipinski definition) is 1. The van der Waals surface area contributed by atoms with E-state index in [1.54, 1.807) is 13.3 Å². The molecular formula is C13H14N2OS. The Morgan fingerprint density at radius 2 is 2.41 bits per heavy atom. The van der Waals surface area contributed by atoms with Gasteiger partial charge in [0, 0.05) is 18.2 Å². The van der Waals surface area contributed by atoms with E-state index >= 15 is 0 Å². The van der Waals surface area contributed by atoms with Crippen LogP contribution < -0.4 is 0 Å². The van der Waals surface area contributed by atoms with E-state index in [0.717, 1.165) is 28.8 Å². The van der Waals surface area contributed by atoms with Crippen molar-refractivity contribution in [1.29, 1.82) is 0 Å². The molecule has 3 nitrogen and oxygen atoms in total. The van der Waals surface area contributed by atoms with Crippen molar-refractivity contribution >= 4 is 34.0 Å². The molecule has 1 N–H and O–H groups in total. The van der Waals surface area contributed by atoms with Crippen LogP contribution in [0.1, 0.15) is 18.9 Å². The summed E-state index contributed by atoms with van der Waals surface area (Å²) in [7, 11) is 0. The van der Waals surface area contributed by atoms with Gasteiger partial charge in [-0.05, 0) is 12.5 Å². The van der Waals surface area contributed by atoms with Gasteiger partial charge in [0.05, 0.1) is 17.4 Å². The van der Waals surface area contributed by atoms with Crippen molar-refractivity contribution < 1.29 is 4.79 Å². The van der Waals surface area contributed by atoms with Crippen LogP contribution in [-0.2, 0) is 4.79 Å². The molecule has 0 aliphatic heterocycles. The number of hydrogen-bond acceptors (Lipinski definition) is 3. The molecule has 0 radical (unpaired) electrons. The monoisotopic (exact) mass is 246 g/mol. The maximum Gasteiger partial charge on any atom is 0.185 e. The summed E-state index contributed by atoms with van der Waals surface area (Å²) in [5, 5.41) is 0.174. The van der Waals surface area contributed by atoms with Crippen LogP contribution in [0.2, 0.25) is 0 Å². The van der Waals surface area contributed by atoms with Crippen LogP contribution in [0.25, 0.3) is 17.1 Å². The Morgan fingerprint density at radius 1 is 1.53 bits per heavy atom. The predicted molar refractivity (Wildman–Crippen MR) is 72.9 cm³/mol. The molecule has 0 aliphatic carbocycles. The van der Waals surface area contributed by atoms with Gasteiger partial charge in [0.25, 0.3) is 0 Å². The van der Waals surface area contributed by atoms with E-state index < -0.39 is 0 Å². The number of para-hydroxylation sites is 1. The summed E-state index contributed by atoms with van der Waals surface area (Å²) in [5.41, 5.74) is 3.14. The van der Waals surface area contributed by atoms with Gasteiger partial charge in [-0.2, -0.15) is 0 Å². The molecule has 0 unspecified atom stereocenters. The van der Waals surface area contributed by atoms with E-state index in [2.05, 4.69) is 22.1 Å². The molecule has 0 saturated heterocycles. The number of nitrogens with one attached hydrogen (secondary N) is 1. The van der Waals surface area contributed by atoms with Crippen molar-refractivity contribution in [3.8, 4) is 0 Å². The summed E-state index contributed by atoms with van der Waals surface area (Å²) < 4.78 is 0. The summed E-state index contributed by atoms with van der Waals surface area (Å²) in [4.78, 5) is 18.1. The van der Waals surface area contributed by atoms with E-state index in [1.165, 1.54) is 11.8 Å². The van der Waals surface area contributed by atoms with E-state index in [9.17, 15) is 4.79 Å². The number of carbonyl (C=O) groups is 1. The molecule has 2 aromatic rings. The molecular weight excluding hydrogens is 232 g/mol. The number of H-pyrrole nitrogens is 1. The Labute approximate surface area is 104 Å². The van der Waals surface area contributed by atoms with E-state index in [0.29, 0.717) is 0 Å². The van der Waals surface area contributed by atoms with Crippen LogP contribution in [0.3, 0.4) is 0 Å².